The highest BCUT2D eigenvalue weighted by molar-refractivity contribution is 14.1. The molecule has 0 bridgehead atoms. The van der Waals surface area contributed by atoms with Gasteiger partial charge in [0.2, 0.25) is 0 Å². The van der Waals surface area contributed by atoms with Gasteiger partial charge in [-0.05, 0) is 259 Å². The molecule has 24 heteroatoms. The molecule has 1 N–H and O–H groups in total. The monoisotopic (exact) mass is 2400 g/mol. The Morgan fingerprint density at radius 2 is 0.667 bits per heavy atom. The van der Waals surface area contributed by atoms with E-state index in [0.717, 1.165) is 144 Å². The number of aromatic nitrogens is 2. The number of nitro groups is 2. The van der Waals surface area contributed by atoms with Crippen LogP contribution in [0.5, 0.6) is 0 Å². The Kier molecular flexibility index (Phi) is 29.2. The lowest BCUT2D eigenvalue weighted by molar-refractivity contribution is -0.385. The highest BCUT2D eigenvalue weighted by Crippen LogP contribution is 2.47. The van der Waals surface area contributed by atoms with Crippen molar-refractivity contribution in [3.8, 4) is 16.8 Å². The Bertz CT molecular complexity index is 9150. The standard InChI is InChI=1S/C24H14BrNO.C18H19BO3.C18H10BrNO3.C18H10BrNO.C18H15P.C12H7BrO.C6H3Br2NO2.C6H5I/c25-15-10-11-19-18(14-15)23-20(26(19)16-6-2-1-3-7-16)12-13-22-24(23)17-8-4-5-9-21(17)27-22;1-17(2)18(3,4)22-19(21-17)13-9-7-11-15-16(13)12-8-5-6-10-14(12)20-15;19-11-8-9-15(20(21)22)14(10-11)12-5-3-7-17-18(12)13-4-1-2-6-16(13)23-17;19-10-5-6-13-12(9-10)17-14(20-13)7-8-16-18(17)11-3-1-2-4-15(11)21-16;1-4-10-16(11-5-1)19(17-12-6-2-7-13-17)18-14-8-3-9-15-18;13-9-5-3-7-11-12(9)8-4-1-2-6-10(8)14-11;7-4-1-2-6(9(10)11)5(8)3-4;7-6-4-2-1-3-5-6/h1-14H;5-11H,1-4H3;1-10H;1-9,20H;1-15H;1-7H;1-3H;1-5H. The van der Waals surface area contributed by atoms with Crippen LogP contribution in [0.25, 0.3) is 170 Å². The first-order valence-electron chi connectivity index (χ1n) is 46.0. The first-order chi connectivity index (χ1) is 70.0. The van der Waals surface area contributed by atoms with Crippen LogP contribution in [0.15, 0.2) is 474 Å². The van der Waals surface area contributed by atoms with Gasteiger partial charge < -0.3 is 40.9 Å². The third-order valence-corrected chi connectivity index (χ3v) is 31.8. The maximum absolute atomic E-state index is 11.4. The van der Waals surface area contributed by atoms with Crippen LogP contribution in [0, 0.1) is 23.8 Å². The van der Waals surface area contributed by atoms with Crippen molar-refractivity contribution in [3.63, 3.8) is 0 Å². The molecule has 0 atom stereocenters. The van der Waals surface area contributed by atoms with Crippen molar-refractivity contribution in [3.05, 3.63) is 475 Å². The first kappa shape index (κ1) is 98.0. The van der Waals surface area contributed by atoms with Gasteiger partial charge in [-0.2, -0.15) is 0 Å². The summed E-state index contributed by atoms with van der Waals surface area (Å²) in [5.41, 5.74) is 16.5. The quantitative estimate of drug-likeness (QED) is 0.0501. The van der Waals surface area contributed by atoms with Gasteiger partial charge in [0.1, 0.15) is 55.8 Å². The van der Waals surface area contributed by atoms with E-state index in [0.29, 0.717) is 10.0 Å². The zero-order valence-corrected chi connectivity index (χ0v) is 90.0. The number of nitro benzene ring substituents is 2. The summed E-state index contributed by atoms with van der Waals surface area (Å²) in [5.74, 6) is 0. The summed E-state index contributed by atoms with van der Waals surface area (Å²) >= 11 is 22.7. The Labute approximate surface area is 892 Å². The molecule has 15 nitrogen and oxygen atoms in total. The zero-order valence-electron chi connectivity index (χ0n) is 77.4. The van der Waals surface area contributed by atoms with Crippen LogP contribution in [-0.4, -0.2) is 37.7 Å². The molecule has 26 aromatic rings. The fourth-order valence-corrected chi connectivity index (χ4v) is 23.7. The molecular weight excluding hydrogens is 2320 g/mol. The van der Waals surface area contributed by atoms with Gasteiger partial charge in [0.05, 0.1) is 42.1 Å². The smallest absolute Gasteiger partial charge is 0.456 e. The van der Waals surface area contributed by atoms with Gasteiger partial charge >= 0.3 is 7.12 Å². The van der Waals surface area contributed by atoms with Crippen LogP contribution in [0.2, 0.25) is 0 Å². The molecule has 0 amide bonds. The Morgan fingerprint density at radius 3 is 1.17 bits per heavy atom. The van der Waals surface area contributed by atoms with Gasteiger partial charge in [0.15, 0.2) is 0 Å². The second-order valence-corrected chi connectivity index (χ2v) is 43.7. The number of aromatic amines is 1. The summed E-state index contributed by atoms with van der Waals surface area (Å²) in [5, 5.41) is 41.8. The molecule has 1 fully saturated rings. The number of nitrogens with one attached hydrogen (secondary N) is 1. The number of rotatable bonds is 8. The summed E-state index contributed by atoms with van der Waals surface area (Å²) < 4.78 is 51.0. The molecule has 19 aromatic carbocycles. The lowest BCUT2D eigenvalue weighted by atomic mass is 9.76. The zero-order chi connectivity index (χ0) is 99.4. The van der Waals surface area contributed by atoms with Crippen molar-refractivity contribution in [2.24, 2.45) is 0 Å². The van der Waals surface area contributed by atoms with Crippen molar-refractivity contribution in [1.82, 2.24) is 9.55 Å². The van der Waals surface area contributed by atoms with Crippen molar-refractivity contribution in [1.29, 1.82) is 0 Å². The predicted octanol–water partition coefficient (Wildman–Crippen LogP) is 36.4. The minimum Gasteiger partial charge on any atom is -0.456 e. The maximum atomic E-state index is 11.4. The first-order valence-corrected chi connectivity index (χ1v) is 53.2. The molecule has 0 aliphatic carbocycles. The van der Waals surface area contributed by atoms with Gasteiger partial charge in [-0.25, -0.2) is 0 Å². The Balaban J connectivity index is 0.000000103. The normalized spacial score (nSPS) is 12.5. The molecule has 0 radical (unpaired) electrons. The van der Waals surface area contributed by atoms with E-state index in [1.807, 2.05) is 158 Å². The van der Waals surface area contributed by atoms with Crippen molar-refractivity contribution < 1.29 is 41.2 Å². The van der Waals surface area contributed by atoms with E-state index in [4.69, 9.17) is 31.4 Å². The minimum atomic E-state index is -0.446. The van der Waals surface area contributed by atoms with E-state index in [1.54, 1.807) is 24.3 Å². The molecule has 8 heterocycles. The number of H-pyrrole nitrogens is 1. The second-order valence-electron chi connectivity index (χ2n) is 34.8. The van der Waals surface area contributed by atoms with Crippen LogP contribution < -0.4 is 21.4 Å². The lowest BCUT2D eigenvalue weighted by Gasteiger charge is -2.32. The number of benzene rings is 19. The molecule has 1 saturated heterocycles. The number of fused-ring (bicyclic) bond motifs is 23. The highest BCUT2D eigenvalue weighted by atomic mass is 127. The van der Waals surface area contributed by atoms with E-state index in [-0.39, 0.29) is 34.6 Å². The van der Waals surface area contributed by atoms with E-state index < -0.39 is 12.8 Å². The number of hydrogen-bond acceptors (Lipinski definition) is 11. The fraction of sp³-hybridized carbons (Fsp3) is 0.0500. The van der Waals surface area contributed by atoms with E-state index in [2.05, 4.69) is 386 Å². The summed E-state index contributed by atoms with van der Waals surface area (Å²) in [7, 11) is -0.826. The van der Waals surface area contributed by atoms with Crippen molar-refractivity contribution in [2.75, 3.05) is 0 Å². The third kappa shape index (κ3) is 20.4. The number of furan rings is 5. The average Bonchev–Trinajstić information content (AvgIpc) is 1.55. The van der Waals surface area contributed by atoms with E-state index in [9.17, 15) is 20.2 Å². The van der Waals surface area contributed by atoms with Crippen LogP contribution in [0.1, 0.15) is 27.7 Å². The number of para-hydroxylation sites is 6. The molecule has 27 rings (SSSR count). The predicted molar refractivity (Wildman–Crippen MR) is 624 cm³/mol. The second kappa shape index (κ2) is 42.9. The van der Waals surface area contributed by atoms with Gasteiger partial charge in [-0.15, -0.1) is 0 Å². The average molecular weight is 2410 g/mol. The van der Waals surface area contributed by atoms with Gasteiger partial charge in [-0.1, -0.05) is 328 Å². The van der Waals surface area contributed by atoms with E-state index in [1.165, 1.54) is 80.4 Å². The highest BCUT2D eigenvalue weighted by Gasteiger charge is 2.52. The summed E-state index contributed by atoms with van der Waals surface area (Å²) in [6.07, 6.45) is 0. The van der Waals surface area contributed by atoms with Gasteiger partial charge in [0, 0.05) is 136 Å². The molecule has 0 spiro atoms. The molecule has 7 aromatic heterocycles. The number of halogens is 7. The Hall–Kier alpha value is -13.4. The molecule has 1 aliphatic heterocycles. The van der Waals surface area contributed by atoms with Gasteiger partial charge in [0.25, 0.3) is 11.4 Å². The molecule has 706 valence electrons. The van der Waals surface area contributed by atoms with Crippen molar-refractivity contribution in [2.45, 2.75) is 38.9 Å². The van der Waals surface area contributed by atoms with Crippen LogP contribution in [0.4, 0.5) is 11.4 Å². The van der Waals surface area contributed by atoms with Crippen molar-refractivity contribution >= 4 is 319 Å². The number of nitrogens with zero attached hydrogens (tertiary/aromatic N) is 3. The van der Waals surface area contributed by atoms with Crippen LogP contribution >= 0.6 is 126 Å². The third-order valence-electron chi connectivity index (χ3n) is 25.3. The van der Waals surface area contributed by atoms with E-state index >= 15 is 0 Å². The van der Waals surface area contributed by atoms with Crippen LogP contribution in [-0.2, 0) is 9.31 Å². The lowest BCUT2D eigenvalue weighted by Crippen LogP contribution is -2.41. The Morgan fingerprint density at radius 1 is 0.299 bits per heavy atom. The molecule has 144 heavy (non-hydrogen) atoms. The number of hydrogen-bond donors (Lipinski definition) is 1. The fourth-order valence-electron chi connectivity index (χ4n) is 18.1. The summed E-state index contributed by atoms with van der Waals surface area (Å²) in [4.78, 5) is 24.4. The topological polar surface area (TPSA) is 191 Å². The summed E-state index contributed by atoms with van der Waals surface area (Å²) in [6, 6.07) is 142. The van der Waals surface area contributed by atoms with Gasteiger partial charge in [-0.3, -0.25) is 20.2 Å². The van der Waals surface area contributed by atoms with Crippen LogP contribution in [0.3, 0.4) is 0 Å². The minimum absolute atomic E-state index is 0.0750. The molecule has 0 saturated carbocycles. The molecule has 0 unspecified atom stereocenters. The molecule has 1 aliphatic rings. The SMILES string of the molecule is Brc1ccc2[nH]c3ccc4oc5ccccc5c4c3c2c1.Brc1ccc2c(c1)c1c3c(ccc1n2-c1ccccc1)oc1ccccc13.Brc1cccc2oc3ccccc3c12.CC1(C)OB(c2cccc3oc4ccccc4c23)OC1(C)C.Ic1ccccc1.O=[N+]([O-])c1ccc(Br)cc1-c1cccc2oc3ccccc3c12.O=[N+]([O-])c1ccc(Br)cc1Br.c1ccc(P(c2ccccc2)c2ccccc2)cc1. The largest absolute Gasteiger partial charge is 0.495 e. The maximum Gasteiger partial charge on any atom is 0.495 e. The summed E-state index contributed by atoms with van der Waals surface area (Å²) in [6.45, 7) is 8.28. The molecular formula is C120H83BBr6IN4O11P.